The average molecular weight is 267 g/mol. The van der Waals surface area contributed by atoms with Gasteiger partial charge in [0.05, 0.1) is 18.8 Å². The summed E-state index contributed by atoms with van der Waals surface area (Å²) >= 11 is 0. The van der Waals surface area contributed by atoms with Gasteiger partial charge in [-0.3, -0.25) is 19.1 Å². The zero-order valence-electron chi connectivity index (χ0n) is 11.1. The smallest absolute Gasteiger partial charge is 0.269 e. The van der Waals surface area contributed by atoms with Crippen LogP contribution in [-0.2, 0) is 16.6 Å². The third kappa shape index (κ3) is 4.41. The number of amides is 3. The molecular weight excluding hydrogens is 250 g/mol. The van der Waals surface area contributed by atoms with Crippen molar-refractivity contribution in [3.63, 3.8) is 0 Å². The lowest BCUT2D eigenvalue weighted by Gasteiger charge is -2.06. The van der Waals surface area contributed by atoms with Gasteiger partial charge in [0.2, 0.25) is 11.8 Å². The first-order chi connectivity index (χ1) is 8.93. The Morgan fingerprint density at radius 3 is 2.37 bits per heavy atom. The van der Waals surface area contributed by atoms with Crippen molar-refractivity contribution in [1.29, 1.82) is 0 Å². The van der Waals surface area contributed by atoms with E-state index in [1.807, 2.05) is 0 Å². The van der Waals surface area contributed by atoms with E-state index < -0.39 is 11.8 Å². The monoisotopic (exact) mass is 267 g/mol. The van der Waals surface area contributed by atoms with Crippen LogP contribution in [0.5, 0.6) is 0 Å². The van der Waals surface area contributed by atoms with E-state index in [0.29, 0.717) is 5.69 Å². The topological polar surface area (TPSA) is 105 Å². The van der Waals surface area contributed by atoms with Gasteiger partial charge in [0.15, 0.2) is 0 Å². The lowest BCUT2D eigenvalue weighted by Crippen LogP contribution is -2.41. The molecule has 0 radical (unpaired) electrons. The summed E-state index contributed by atoms with van der Waals surface area (Å²) < 4.78 is 1.44. The number of rotatable bonds is 5. The van der Waals surface area contributed by atoms with Crippen molar-refractivity contribution in [2.75, 3.05) is 20.1 Å². The molecule has 1 aromatic heterocycles. The molecular formula is C11H17N5O3. The molecule has 0 unspecified atom stereocenters. The molecule has 0 saturated heterocycles. The van der Waals surface area contributed by atoms with Gasteiger partial charge in [-0.2, -0.15) is 5.10 Å². The van der Waals surface area contributed by atoms with Crippen molar-refractivity contribution >= 4 is 17.7 Å². The molecule has 8 heteroatoms. The number of carbonyl (C=O) groups excluding carboxylic acids is 3. The molecule has 0 saturated carbocycles. The minimum absolute atomic E-state index is 0.115. The SMILES string of the molecule is CNC(=O)CNC(=O)CNC(=O)c1cc(C)nn1C. The maximum Gasteiger partial charge on any atom is 0.269 e. The standard InChI is InChI=1S/C11H17N5O3/c1-7-4-8(16(3)15-7)11(19)14-6-10(18)13-5-9(17)12-2/h4H,5-6H2,1-3H3,(H,12,17)(H,13,18)(H,14,19). The van der Waals surface area contributed by atoms with Crippen LogP contribution in [0.3, 0.4) is 0 Å². The van der Waals surface area contributed by atoms with Gasteiger partial charge in [-0.05, 0) is 13.0 Å². The van der Waals surface area contributed by atoms with Crippen LogP contribution in [0.1, 0.15) is 16.2 Å². The predicted molar refractivity (Wildman–Crippen MR) is 67.4 cm³/mol. The van der Waals surface area contributed by atoms with E-state index in [4.69, 9.17) is 0 Å². The summed E-state index contributed by atoms with van der Waals surface area (Å²) in [6.07, 6.45) is 0. The van der Waals surface area contributed by atoms with Gasteiger partial charge in [-0.25, -0.2) is 0 Å². The molecule has 1 aromatic rings. The van der Waals surface area contributed by atoms with Gasteiger partial charge >= 0.3 is 0 Å². The van der Waals surface area contributed by atoms with Gasteiger partial charge < -0.3 is 16.0 Å². The minimum atomic E-state index is -0.434. The molecule has 0 aliphatic carbocycles. The zero-order valence-corrected chi connectivity index (χ0v) is 11.1. The first-order valence-corrected chi connectivity index (χ1v) is 5.70. The van der Waals surface area contributed by atoms with E-state index in [1.165, 1.54) is 11.7 Å². The number of nitrogens with zero attached hydrogens (tertiary/aromatic N) is 2. The predicted octanol–water partition coefficient (Wildman–Crippen LogP) is -1.68. The van der Waals surface area contributed by atoms with Crippen molar-refractivity contribution < 1.29 is 14.4 Å². The molecule has 0 bridgehead atoms. The Labute approximate surface area is 110 Å². The second-order valence-corrected chi connectivity index (χ2v) is 3.93. The largest absolute Gasteiger partial charge is 0.358 e. The number of hydrogen-bond acceptors (Lipinski definition) is 4. The van der Waals surface area contributed by atoms with E-state index in [1.54, 1.807) is 20.0 Å². The highest BCUT2D eigenvalue weighted by Gasteiger charge is 2.12. The summed E-state index contributed by atoms with van der Waals surface area (Å²) in [4.78, 5) is 34.0. The molecule has 3 N–H and O–H groups in total. The van der Waals surface area contributed by atoms with Crippen LogP contribution in [0.4, 0.5) is 0 Å². The molecule has 8 nitrogen and oxygen atoms in total. The summed E-state index contributed by atoms with van der Waals surface area (Å²) in [6, 6.07) is 1.62. The molecule has 104 valence electrons. The van der Waals surface area contributed by atoms with Gasteiger partial charge in [-0.1, -0.05) is 0 Å². The Hall–Kier alpha value is -2.38. The molecule has 3 amide bonds. The quantitative estimate of drug-likeness (QED) is 0.592. The number of nitrogens with one attached hydrogen (secondary N) is 3. The molecule has 1 rings (SSSR count). The fourth-order valence-electron chi connectivity index (χ4n) is 1.40. The molecule has 1 heterocycles. The summed E-state index contributed by atoms with van der Waals surface area (Å²) in [5.41, 5.74) is 1.09. The van der Waals surface area contributed by atoms with Crippen LogP contribution < -0.4 is 16.0 Å². The second-order valence-electron chi connectivity index (χ2n) is 3.93. The maximum atomic E-state index is 11.7. The van der Waals surface area contributed by atoms with E-state index in [-0.39, 0.29) is 19.0 Å². The van der Waals surface area contributed by atoms with Gasteiger partial charge in [-0.15, -0.1) is 0 Å². The number of carbonyl (C=O) groups is 3. The number of hydrogen-bond donors (Lipinski definition) is 3. The Bertz CT molecular complexity index is 495. The first kappa shape index (κ1) is 14.7. The average Bonchev–Trinajstić information content (AvgIpc) is 2.72. The number of aryl methyl sites for hydroxylation is 2. The summed E-state index contributed by atoms with van der Waals surface area (Å²) in [7, 11) is 3.12. The van der Waals surface area contributed by atoms with Gasteiger partial charge in [0.25, 0.3) is 5.91 Å². The second kappa shape index (κ2) is 6.53. The lowest BCUT2D eigenvalue weighted by molar-refractivity contribution is -0.125. The summed E-state index contributed by atoms with van der Waals surface area (Å²) in [5, 5.41) is 11.2. The minimum Gasteiger partial charge on any atom is -0.358 e. The third-order valence-electron chi connectivity index (χ3n) is 2.37. The van der Waals surface area contributed by atoms with E-state index in [9.17, 15) is 14.4 Å². The van der Waals surface area contributed by atoms with Crippen molar-refractivity contribution in [1.82, 2.24) is 25.7 Å². The van der Waals surface area contributed by atoms with E-state index in [0.717, 1.165) is 5.69 Å². The molecule has 0 spiro atoms. The van der Waals surface area contributed by atoms with E-state index in [2.05, 4.69) is 21.0 Å². The number of aromatic nitrogens is 2. The van der Waals surface area contributed by atoms with E-state index >= 15 is 0 Å². The van der Waals surface area contributed by atoms with Crippen molar-refractivity contribution in [3.05, 3.63) is 17.5 Å². The number of likely N-dealkylation sites (N-methyl/N-ethyl adjacent to an activating group) is 1. The highest BCUT2D eigenvalue weighted by atomic mass is 16.2. The summed E-state index contributed by atoms with van der Waals surface area (Å²) in [6.45, 7) is 1.46. The van der Waals surface area contributed by atoms with Gasteiger partial charge in [0, 0.05) is 14.1 Å². The Balaban J connectivity index is 2.40. The fourth-order valence-corrected chi connectivity index (χ4v) is 1.40. The van der Waals surface area contributed by atoms with Crippen LogP contribution in [0.15, 0.2) is 6.07 Å². The lowest BCUT2D eigenvalue weighted by atomic mass is 10.3. The van der Waals surface area contributed by atoms with Crippen molar-refractivity contribution in [2.45, 2.75) is 6.92 Å². The summed E-state index contributed by atoms with van der Waals surface area (Å²) in [5.74, 6) is -1.13. The zero-order chi connectivity index (χ0) is 14.4. The molecule has 0 aliphatic heterocycles. The molecule has 0 fully saturated rings. The highest BCUT2D eigenvalue weighted by Crippen LogP contribution is 2.00. The van der Waals surface area contributed by atoms with Crippen LogP contribution in [0.2, 0.25) is 0 Å². The third-order valence-corrected chi connectivity index (χ3v) is 2.37. The Kier molecular flexibility index (Phi) is 5.04. The fraction of sp³-hybridized carbons (Fsp3) is 0.455. The van der Waals surface area contributed by atoms with Crippen LogP contribution in [0.25, 0.3) is 0 Å². The first-order valence-electron chi connectivity index (χ1n) is 5.70. The van der Waals surface area contributed by atoms with Crippen LogP contribution in [0, 0.1) is 6.92 Å². The molecule has 19 heavy (non-hydrogen) atoms. The molecule has 0 atom stereocenters. The van der Waals surface area contributed by atoms with Crippen LogP contribution in [-0.4, -0.2) is 47.6 Å². The molecule has 0 aliphatic rings. The van der Waals surface area contributed by atoms with Gasteiger partial charge in [0.1, 0.15) is 5.69 Å². The van der Waals surface area contributed by atoms with Crippen molar-refractivity contribution in [2.24, 2.45) is 7.05 Å². The Morgan fingerprint density at radius 2 is 1.84 bits per heavy atom. The Morgan fingerprint density at radius 1 is 1.21 bits per heavy atom. The molecule has 0 aromatic carbocycles. The van der Waals surface area contributed by atoms with Crippen molar-refractivity contribution in [3.8, 4) is 0 Å². The van der Waals surface area contributed by atoms with Crippen LogP contribution >= 0.6 is 0 Å². The highest BCUT2D eigenvalue weighted by molar-refractivity contribution is 5.95. The normalized spacial score (nSPS) is 9.84. The maximum absolute atomic E-state index is 11.7.